The zero-order valence-corrected chi connectivity index (χ0v) is 11.1. The van der Waals surface area contributed by atoms with E-state index < -0.39 is 0 Å². The average molecular weight is 253 g/mol. The summed E-state index contributed by atoms with van der Waals surface area (Å²) in [6.45, 7) is 1.91. The number of hydrogen-bond donors (Lipinski definition) is 1. The van der Waals surface area contributed by atoms with Crippen molar-refractivity contribution in [3.8, 4) is 0 Å². The van der Waals surface area contributed by atoms with E-state index in [1.807, 2.05) is 24.8 Å². The zero-order valence-electron chi connectivity index (χ0n) is 10.3. The van der Waals surface area contributed by atoms with Gasteiger partial charge in [-0.2, -0.15) is 0 Å². The zero-order chi connectivity index (χ0) is 12.3. The van der Waals surface area contributed by atoms with E-state index in [4.69, 9.17) is 5.73 Å². The van der Waals surface area contributed by atoms with Crippen LogP contribution in [0.5, 0.6) is 0 Å². The Morgan fingerprint density at radius 3 is 2.76 bits per heavy atom. The molecule has 0 radical (unpaired) electrons. The predicted octanol–water partition coefficient (Wildman–Crippen LogP) is 4.13. The Morgan fingerprint density at radius 1 is 1.41 bits per heavy atom. The molecule has 1 aromatic rings. The normalized spacial score (nSPS) is 18.5. The summed E-state index contributed by atoms with van der Waals surface area (Å²) in [6.07, 6.45) is 5.44. The summed E-state index contributed by atoms with van der Waals surface area (Å²) >= 11 is 1.83. The van der Waals surface area contributed by atoms with Crippen molar-refractivity contribution in [3.63, 3.8) is 0 Å². The molecule has 2 N–H and O–H groups in total. The highest BCUT2D eigenvalue weighted by atomic mass is 32.2. The van der Waals surface area contributed by atoms with Crippen molar-refractivity contribution in [2.75, 3.05) is 5.75 Å². The summed E-state index contributed by atoms with van der Waals surface area (Å²) in [4.78, 5) is 1.15. The number of rotatable bonds is 4. The molecule has 0 spiro atoms. The van der Waals surface area contributed by atoms with Crippen molar-refractivity contribution >= 4 is 11.8 Å². The third-order valence-corrected chi connectivity index (χ3v) is 4.73. The Balaban J connectivity index is 2.03. The van der Waals surface area contributed by atoms with Gasteiger partial charge in [0.05, 0.1) is 0 Å². The molecule has 1 fully saturated rings. The van der Waals surface area contributed by atoms with Crippen LogP contribution in [0.25, 0.3) is 0 Å². The first-order valence-electron chi connectivity index (χ1n) is 6.34. The van der Waals surface area contributed by atoms with E-state index in [1.165, 1.54) is 31.7 Å². The summed E-state index contributed by atoms with van der Waals surface area (Å²) in [5.41, 5.74) is 6.83. The Hall–Kier alpha value is -0.540. The van der Waals surface area contributed by atoms with Gasteiger partial charge in [0, 0.05) is 16.7 Å². The smallest absolute Gasteiger partial charge is 0.123 e. The average Bonchev–Trinajstić information content (AvgIpc) is 2.80. The molecule has 1 aliphatic rings. The Kier molecular flexibility index (Phi) is 4.46. The lowest BCUT2D eigenvalue weighted by Crippen LogP contribution is -2.07. The first-order valence-corrected chi connectivity index (χ1v) is 7.33. The van der Waals surface area contributed by atoms with Crippen LogP contribution in [0.2, 0.25) is 0 Å². The fraction of sp³-hybridized carbons (Fsp3) is 0.571. The fourth-order valence-corrected chi connectivity index (χ4v) is 3.72. The molecular weight excluding hydrogens is 233 g/mol. The second kappa shape index (κ2) is 5.87. The minimum atomic E-state index is -0.192. The van der Waals surface area contributed by atoms with Crippen molar-refractivity contribution in [1.82, 2.24) is 0 Å². The van der Waals surface area contributed by atoms with Crippen molar-refractivity contribution in [2.45, 2.75) is 43.5 Å². The monoisotopic (exact) mass is 253 g/mol. The van der Waals surface area contributed by atoms with Gasteiger partial charge in [-0.25, -0.2) is 4.39 Å². The molecule has 1 unspecified atom stereocenters. The maximum absolute atomic E-state index is 13.2. The van der Waals surface area contributed by atoms with E-state index in [0.717, 1.165) is 22.1 Å². The third-order valence-electron chi connectivity index (χ3n) is 3.41. The van der Waals surface area contributed by atoms with Gasteiger partial charge >= 0.3 is 0 Å². The van der Waals surface area contributed by atoms with Crippen molar-refractivity contribution in [1.29, 1.82) is 0 Å². The number of halogens is 1. The molecule has 1 aromatic carbocycles. The molecule has 0 aliphatic heterocycles. The van der Waals surface area contributed by atoms with Gasteiger partial charge in [-0.3, -0.25) is 0 Å². The molecule has 0 saturated heterocycles. The van der Waals surface area contributed by atoms with E-state index in [0.29, 0.717) is 0 Å². The summed E-state index contributed by atoms with van der Waals surface area (Å²) in [5.74, 6) is 1.79. The summed E-state index contributed by atoms with van der Waals surface area (Å²) in [7, 11) is 0. The molecule has 3 heteroatoms. The van der Waals surface area contributed by atoms with E-state index in [2.05, 4.69) is 0 Å². The van der Waals surface area contributed by atoms with E-state index in [1.54, 1.807) is 6.07 Å². The molecule has 0 heterocycles. The first-order chi connectivity index (χ1) is 8.16. The van der Waals surface area contributed by atoms with Gasteiger partial charge in [-0.05, 0) is 49.4 Å². The molecule has 1 atom stereocenters. The summed E-state index contributed by atoms with van der Waals surface area (Å²) < 4.78 is 13.2. The predicted molar refractivity (Wildman–Crippen MR) is 71.7 cm³/mol. The van der Waals surface area contributed by atoms with Crippen LogP contribution in [-0.2, 0) is 0 Å². The van der Waals surface area contributed by atoms with Gasteiger partial charge < -0.3 is 5.73 Å². The molecule has 2 rings (SSSR count). The van der Waals surface area contributed by atoms with Gasteiger partial charge in [-0.1, -0.05) is 12.8 Å². The van der Waals surface area contributed by atoms with Crippen LogP contribution in [0.15, 0.2) is 23.1 Å². The van der Waals surface area contributed by atoms with Crippen LogP contribution < -0.4 is 5.73 Å². The molecule has 94 valence electrons. The van der Waals surface area contributed by atoms with Crippen LogP contribution >= 0.6 is 11.8 Å². The van der Waals surface area contributed by atoms with Crippen LogP contribution in [0, 0.1) is 11.7 Å². The van der Waals surface area contributed by atoms with Crippen LogP contribution in [-0.4, -0.2) is 5.75 Å². The van der Waals surface area contributed by atoms with E-state index in [-0.39, 0.29) is 11.9 Å². The van der Waals surface area contributed by atoms with Gasteiger partial charge in [0.25, 0.3) is 0 Å². The Bertz CT molecular complexity index is 372. The largest absolute Gasteiger partial charge is 0.324 e. The number of benzene rings is 1. The number of hydrogen-bond acceptors (Lipinski definition) is 2. The molecule has 17 heavy (non-hydrogen) atoms. The molecule has 0 aromatic heterocycles. The van der Waals surface area contributed by atoms with Crippen molar-refractivity contribution < 1.29 is 4.39 Å². The Labute approximate surface area is 107 Å². The van der Waals surface area contributed by atoms with E-state index >= 15 is 0 Å². The number of nitrogens with two attached hydrogens (primary N) is 1. The molecule has 1 aliphatic carbocycles. The highest BCUT2D eigenvalue weighted by molar-refractivity contribution is 7.99. The lowest BCUT2D eigenvalue weighted by Gasteiger charge is -2.14. The SMILES string of the molecule is CC(N)c1cc(F)ccc1SCC1CCCC1. The molecule has 0 amide bonds. The highest BCUT2D eigenvalue weighted by Crippen LogP contribution is 2.33. The number of thioether (sulfide) groups is 1. The van der Waals surface area contributed by atoms with Crippen LogP contribution in [0.4, 0.5) is 4.39 Å². The minimum absolute atomic E-state index is 0.100. The van der Waals surface area contributed by atoms with Crippen molar-refractivity contribution in [3.05, 3.63) is 29.6 Å². The second-order valence-electron chi connectivity index (χ2n) is 4.93. The second-order valence-corrected chi connectivity index (χ2v) is 5.99. The van der Waals surface area contributed by atoms with Crippen molar-refractivity contribution in [2.24, 2.45) is 11.7 Å². The van der Waals surface area contributed by atoms with Crippen LogP contribution in [0.1, 0.15) is 44.2 Å². The summed E-state index contributed by atoms with van der Waals surface area (Å²) in [5, 5.41) is 0. The fourth-order valence-electron chi connectivity index (χ4n) is 2.39. The molecule has 0 bridgehead atoms. The lowest BCUT2D eigenvalue weighted by atomic mass is 10.1. The van der Waals surface area contributed by atoms with Gasteiger partial charge in [0.2, 0.25) is 0 Å². The van der Waals surface area contributed by atoms with Gasteiger partial charge in [-0.15, -0.1) is 11.8 Å². The minimum Gasteiger partial charge on any atom is -0.324 e. The quantitative estimate of drug-likeness (QED) is 0.817. The van der Waals surface area contributed by atoms with Crippen LogP contribution in [0.3, 0.4) is 0 Å². The van der Waals surface area contributed by atoms with Gasteiger partial charge in [0.1, 0.15) is 5.82 Å². The maximum atomic E-state index is 13.2. The molecule has 1 saturated carbocycles. The lowest BCUT2D eigenvalue weighted by molar-refractivity contribution is 0.617. The summed E-state index contributed by atoms with van der Waals surface area (Å²) in [6, 6.07) is 4.87. The molecule has 1 nitrogen and oxygen atoms in total. The van der Waals surface area contributed by atoms with E-state index in [9.17, 15) is 4.39 Å². The van der Waals surface area contributed by atoms with Gasteiger partial charge in [0.15, 0.2) is 0 Å². The standard InChI is InChI=1S/C14H20FNS/c1-10(16)13-8-12(15)6-7-14(13)17-9-11-4-2-3-5-11/h6-8,10-11H,2-5,9,16H2,1H3. The highest BCUT2D eigenvalue weighted by Gasteiger charge is 2.16. The topological polar surface area (TPSA) is 26.0 Å². The molecular formula is C14H20FNS. The first kappa shape index (κ1) is 12.9. The third kappa shape index (κ3) is 3.46. The Morgan fingerprint density at radius 2 is 2.12 bits per heavy atom. The maximum Gasteiger partial charge on any atom is 0.123 e.